The first-order valence-corrected chi connectivity index (χ1v) is 13.3. The molecule has 1 N–H and O–H groups in total. The first-order valence-electron chi connectivity index (χ1n) is 13.3. The van der Waals surface area contributed by atoms with Crippen LogP contribution in [0.2, 0.25) is 0 Å². The van der Waals surface area contributed by atoms with Crippen molar-refractivity contribution in [2.24, 2.45) is 0 Å². The van der Waals surface area contributed by atoms with E-state index in [1.807, 2.05) is 6.92 Å². The molecule has 2 aliphatic rings. The molecule has 0 spiro atoms. The van der Waals surface area contributed by atoms with Crippen LogP contribution in [0.3, 0.4) is 0 Å². The Balaban J connectivity index is 1.47. The molecule has 2 heteroatoms. The lowest BCUT2D eigenvalue weighted by molar-refractivity contribution is 0.0268. The number of benzene rings is 5. The number of hydrogen-bond donors (Lipinski definition) is 1. The van der Waals surface area contributed by atoms with Gasteiger partial charge in [0.2, 0.25) is 0 Å². The Labute approximate surface area is 218 Å². The average Bonchev–Trinajstić information content (AvgIpc) is 3.43. The maximum absolute atomic E-state index is 11.6. The Morgan fingerprint density at radius 3 is 2.03 bits per heavy atom. The smallest absolute Gasteiger partial charge is 0.0707 e. The minimum absolute atomic E-state index is 0.463. The molecular weight excluding hydrogens is 452 g/mol. The number of aliphatic hydroxyl groups is 1. The van der Waals surface area contributed by atoms with Gasteiger partial charge in [-0.25, -0.2) is 0 Å². The molecule has 0 saturated heterocycles. The van der Waals surface area contributed by atoms with Gasteiger partial charge in [0.05, 0.1) is 18.1 Å². The van der Waals surface area contributed by atoms with E-state index in [-0.39, 0.29) is 0 Å². The highest BCUT2D eigenvalue weighted by atomic mass is 16.5. The van der Waals surface area contributed by atoms with Gasteiger partial charge in [0.15, 0.2) is 0 Å². The van der Waals surface area contributed by atoms with Crippen molar-refractivity contribution in [1.29, 1.82) is 0 Å². The van der Waals surface area contributed by atoms with Crippen molar-refractivity contribution in [2.45, 2.75) is 31.8 Å². The predicted octanol–water partition coefficient (Wildman–Crippen LogP) is 8.23. The lowest BCUT2D eigenvalue weighted by Gasteiger charge is -2.36. The lowest BCUT2D eigenvalue weighted by atomic mass is 9.72. The summed E-state index contributed by atoms with van der Waals surface area (Å²) in [7, 11) is 0. The average molecular weight is 483 g/mol. The van der Waals surface area contributed by atoms with Crippen LogP contribution >= 0.6 is 0 Å². The normalized spacial score (nSPS) is 17.5. The molecule has 0 bridgehead atoms. The van der Waals surface area contributed by atoms with Crippen molar-refractivity contribution in [1.82, 2.24) is 0 Å². The molecule has 0 aromatic heterocycles. The zero-order valence-electron chi connectivity index (χ0n) is 21.3. The van der Waals surface area contributed by atoms with E-state index in [2.05, 4.69) is 104 Å². The summed E-state index contributed by atoms with van der Waals surface area (Å²) in [6, 6.07) is 35.3. The Morgan fingerprint density at radius 2 is 1.27 bits per heavy atom. The Hall–Kier alpha value is -3.72. The zero-order chi connectivity index (χ0) is 25.1. The standard InChI is InChI=1S/C35H30O2/c1-3-33(36)35(21-37-4-2)31-15-8-7-12-26(31)27-17-16-22(20-32(27)35)23-18-19-30-25-11-6-5-10-24(25)29-14-9-13-28(23)34(29)30/h5-20,33,36H,3-4,21H2,1-2H3. The molecule has 0 heterocycles. The Kier molecular flexibility index (Phi) is 5.11. The fraction of sp³-hybridized carbons (Fsp3) is 0.200. The van der Waals surface area contributed by atoms with E-state index < -0.39 is 11.5 Å². The molecule has 182 valence electrons. The SMILES string of the molecule is CCOCC1(C(O)CC)c2ccccc2-c2ccc(-c3ccc4c5c(cccc35)-c3ccccc3-4)cc21. The van der Waals surface area contributed by atoms with Crippen molar-refractivity contribution >= 4 is 10.8 Å². The Bertz CT molecular complexity index is 1650. The Morgan fingerprint density at radius 1 is 0.649 bits per heavy atom. The third kappa shape index (κ3) is 3.00. The summed E-state index contributed by atoms with van der Waals surface area (Å²) in [6.45, 7) is 5.16. The first kappa shape index (κ1) is 22.5. The van der Waals surface area contributed by atoms with Crippen LogP contribution in [-0.2, 0) is 10.2 Å². The molecule has 0 fully saturated rings. The second-order valence-electron chi connectivity index (χ2n) is 10.3. The van der Waals surface area contributed by atoms with Gasteiger partial charge in [-0.15, -0.1) is 0 Å². The van der Waals surface area contributed by atoms with Crippen LogP contribution in [0.25, 0.3) is 55.3 Å². The molecule has 2 atom stereocenters. The monoisotopic (exact) mass is 482 g/mol. The summed E-state index contributed by atoms with van der Waals surface area (Å²) in [5, 5.41) is 14.2. The van der Waals surface area contributed by atoms with Crippen LogP contribution < -0.4 is 0 Å². The molecule has 2 nitrogen and oxygen atoms in total. The molecule has 0 radical (unpaired) electrons. The van der Waals surface area contributed by atoms with Gasteiger partial charge in [-0.1, -0.05) is 97.9 Å². The topological polar surface area (TPSA) is 29.5 Å². The largest absolute Gasteiger partial charge is 0.392 e. The second-order valence-corrected chi connectivity index (χ2v) is 10.3. The van der Waals surface area contributed by atoms with E-state index in [1.165, 1.54) is 66.4 Å². The van der Waals surface area contributed by atoms with E-state index >= 15 is 0 Å². The summed E-state index contributed by atoms with van der Waals surface area (Å²) >= 11 is 0. The van der Waals surface area contributed by atoms with E-state index in [0.29, 0.717) is 19.6 Å². The molecule has 2 unspecified atom stereocenters. The van der Waals surface area contributed by atoms with Gasteiger partial charge in [-0.3, -0.25) is 0 Å². The third-order valence-electron chi connectivity index (χ3n) is 8.55. The van der Waals surface area contributed by atoms with Crippen molar-refractivity contribution in [2.75, 3.05) is 13.2 Å². The summed E-state index contributed by atoms with van der Waals surface area (Å²) < 4.78 is 6.09. The number of hydrogen-bond acceptors (Lipinski definition) is 2. The van der Waals surface area contributed by atoms with Crippen molar-refractivity contribution in [3.05, 3.63) is 108 Å². The van der Waals surface area contributed by atoms with Gasteiger partial charge in [-0.05, 0) is 85.8 Å². The fourth-order valence-electron chi connectivity index (χ4n) is 6.85. The van der Waals surface area contributed by atoms with Gasteiger partial charge in [-0.2, -0.15) is 0 Å². The van der Waals surface area contributed by atoms with Crippen LogP contribution in [0.5, 0.6) is 0 Å². The highest BCUT2D eigenvalue weighted by Gasteiger charge is 2.48. The van der Waals surface area contributed by atoms with Crippen molar-refractivity contribution in [3.8, 4) is 44.5 Å². The van der Waals surface area contributed by atoms with Gasteiger partial charge < -0.3 is 9.84 Å². The first-order chi connectivity index (χ1) is 18.2. The summed E-state index contributed by atoms with van der Waals surface area (Å²) in [4.78, 5) is 0. The van der Waals surface area contributed by atoms with Crippen LogP contribution in [-0.4, -0.2) is 24.4 Å². The van der Waals surface area contributed by atoms with Crippen LogP contribution in [0.4, 0.5) is 0 Å². The third-order valence-corrected chi connectivity index (χ3v) is 8.55. The van der Waals surface area contributed by atoms with E-state index in [4.69, 9.17) is 4.74 Å². The van der Waals surface area contributed by atoms with Gasteiger partial charge in [0.1, 0.15) is 0 Å². The number of aliphatic hydroxyl groups excluding tert-OH is 1. The van der Waals surface area contributed by atoms with Crippen LogP contribution in [0, 0.1) is 0 Å². The maximum Gasteiger partial charge on any atom is 0.0707 e. The molecule has 37 heavy (non-hydrogen) atoms. The summed E-state index contributed by atoms with van der Waals surface area (Å²) in [5.74, 6) is 0. The number of ether oxygens (including phenoxy) is 1. The van der Waals surface area contributed by atoms with Gasteiger partial charge >= 0.3 is 0 Å². The predicted molar refractivity (Wildman–Crippen MR) is 153 cm³/mol. The summed E-state index contributed by atoms with van der Waals surface area (Å²) in [6.07, 6.45) is 0.114. The van der Waals surface area contributed by atoms with Gasteiger partial charge in [0.25, 0.3) is 0 Å². The minimum atomic E-state index is -0.586. The second kappa shape index (κ2) is 8.41. The molecule has 0 amide bonds. The van der Waals surface area contributed by atoms with Crippen LogP contribution in [0.15, 0.2) is 97.1 Å². The number of rotatable bonds is 6. The van der Waals surface area contributed by atoms with Gasteiger partial charge in [0, 0.05) is 6.61 Å². The fourth-order valence-corrected chi connectivity index (χ4v) is 6.85. The zero-order valence-corrected chi connectivity index (χ0v) is 21.3. The lowest BCUT2D eigenvalue weighted by Crippen LogP contribution is -2.43. The molecule has 7 rings (SSSR count). The summed E-state index contributed by atoms with van der Waals surface area (Å²) in [5.41, 5.74) is 11.8. The molecular formula is C35H30O2. The quantitative estimate of drug-likeness (QED) is 0.259. The highest BCUT2D eigenvalue weighted by Crippen LogP contribution is 2.54. The van der Waals surface area contributed by atoms with Crippen molar-refractivity contribution in [3.63, 3.8) is 0 Å². The molecule has 2 aliphatic carbocycles. The van der Waals surface area contributed by atoms with Crippen LogP contribution in [0.1, 0.15) is 31.4 Å². The van der Waals surface area contributed by atoms with E-state index in [9.17, 15) is 5.11 Å². The molecule has 0 aliphatic heterocycles. The molecule has 5 aromatic rings. The highest BCUT2D eigenvalue weighted by molar-refractivity contribution is 6.18. The van der Waals surface area contributed by atoms with Crippen molar-refractivity contribution < 1.29 is 9.84 Å². The maximum atomic E-state index is 11.6. The minimum Gasteiger partial charge on any atom is -0.392 e. The molecule has 0 saturated carbocycles. The number of fused-ring (bicyclic) bond motifs is 6. The van der Waals surface area contributed by atoms with E-state index in [0.717, 1.165) is 0 Å². The molecule has 5 aromatic carbocycles. The van der Waals surface area contributed by atoms with E-state index in [1.54, 1.807) is 0 Å².